The Morgan fingerprint density at radius 3 is 1.88 bits per heavy atom. The number of hydrogen-bond acceptors (Lipinski definition) is 16. The number of amides is 9. The van der Waals surface area contributed by atoms with Crippen molar-refractivity contribution in [2.24, 2.45) is 39.6 Å². The van der Waals surface area contributed by atoms with Crippen molar-refractivity contribution in [3.05, 3.63) is 29.8 Å². The van der Waals surface area contributed by atoms with E-state index in [9.17, 15) is 68.4 Å². The van der Waals surface area contributed by atoms with Crippen LogP contribution in [0, 0.1) is 5.92 Å². The highest BCUT2D eigenvalue weighted by Crippen LogP contribution is 2.21. The van der Waals surface area contributed by atoms with Crippen LogP contribution in [0.15, 0.2) is 29.3 Å². The molecule has 1 fully saturated rings. The number of nitrogens with one attached hydrogen (secondary N) is 7. The van der Waals surface area contributed by atoms with Crippen LogP contribution < -0.4 is 65.9 Å². The lowest BCUT2D eigenvalue weighted by atomic mass is 9.96. The van der Waals surface area contributed by atoms with Gasteiger partial charge in [-0.25, -0.2) is 4.79 Å². The number of hydrogen-bond donors (Lipinski definition) is 16. The van der Waals surface area contributed by atoms with Gasteiger partial charge < -0.3 is 91.2 Å². The summed E-state index contributed by atoms with van der Waals surface area (Å²) in [5.41, 5.74) is 27.5. The van der Waals surface area contributed by atoms with Crippen molar-refractivity contribution in [2.75, 3.05) is 26.2 Å². The molecule has 2 rings (SSSR count). The van der Waals surface area contributed by atoms with Gasteiger partial charge in [-0.3, -0.25) is 48.1 Å². The van der Waals surface area contributed by atoms with Gasteiger partial charge >= 0.3 is 5.97 Å². The molecule has 0 unspecified atom stereocenters. The number of phenolic OH excluding ortho intramolecular Hbond substituents is 1. The Balaban J connectivity index is 2.33. The molecule has 1 aromatic carbocycles. The van der Waals surface area contributed by atoms with Crippen molar-refractivity contribution in [1.29, 1.82) is 0 Å². The summed E-state index contributed by atoms with van der Waals surface area (Å²) < 4.78 is 0. The maximum absolute atomic E-state index is 14.4. The van der Waals surface area contributed by atoms with Crippen molar-refractivity contribution in [1.82, 2.24) is 42.1 Å². The van der Waals surface area contributed by atoms with Crippen molar-refractivity contribution < 1.29 is 68.4 Å². The second-order valence-corrected chi connectivity index (χ2v) is 18.2. The van der Waals surface area contributed by atoms with Crippen LogP contribution in [0.3, 0.4) is 0 Å². The average molecular weight is 1050 g/mol. The number of nitrogens with zero attached hydrogens (tertiary/aromatic N) is 2. The number of carboxylic acids is 1. The molecule has 21 N–H and O–H groups in total. The van der Waals surface area contributed by atoms with E-state index in [1.54, 1.807) is 13.8 Å². The molecule has 0 aromatic heterocycles. The van der Waals surface area contributed by atoms with Crippen LogP contribution >= 0.6 is 0 Å². The number of nitrogens with two attached hydrogens (primary N) is 5. The number of benzene rings is 1. The summed E-state index contributed by atoms with van der Waals surface area (Å²) in [5.74, 6) is -10.3. The fraction of sp³-hybridized carbons (Fsp3) is 0.630. The van der Waals surface area contributed by atoms with Crippen molar-refractivity contribution in [2.45, 2.75) is 152 Å². The maximum Gasteiger partial charge on any atom is 0.326 e. The van der Waals surface area contributed by atoms with Crippen LogP contribution in [0.2, 0.25) is 0 Å². The first-order valence-electron chi connectivity index (χ1n) is 24.4. The number of aliphatic hydroxyl groups is 2. The van der Waals surface area contributed by atoms with Gasteiger partial charge in [-0.15, -0.1) is 0 Å². The number of guanidine groups is 1. The summed E-state index contributed by atoms with van der Waals surface area (Å²) in [4.78, 5) is 137. The van der Waals surface area contributed by atoms with Crippen LogP contribution in [-0.4, -0.2) is 177 Å². The lowest BCUT2D eigenvalue weighted by molar-refractivity contribution is -0.143. The highest BCUT2D eigenvalue weighted by atomic mass is 16.4. The Labute approximate surface area is 428 Å². The minimum Gasteiger partial charge on any atom is -0.508 e. The van der Waals surface area contributed by atoms with Gasteiger partial charge in [0.1, 0.15) is 54.1 Å². The summed E-state index contributed by atoms with van der Waals surface area (Å²) in [6.07, 6.45) is -0.549. The minimum atomic E-state index is -1.69. The molecule has 0 radical (unpaired) electrons. The van der Waals surface area contributed by atoms with Crippen molar-refractivity contribution in [3.63, 3.8) is 0 Å². The molecule has 1 aromatic rings. The second kappa shape index (κ2) is 31.4. The predicted octanol–water partition coefficient (Wildman–Crippen LogP) is -5.77. The number of rotatable bonds is 32. The summed E-state index contributed by atoms with van der Waals surface area (Å²) in [7, 11) is 0. The number of aliphatic imine (C=N–C) groups is 1. The summed E-state index contributed by atoms with van der Waals surface area (Å²) in [6, 6.07) is -7.07. The molecule has 28 heteroatoms. The number of aliphatic carboxylic acids is 1. The summed E-state index contributed by atoms with van der Waals surface area (Å²) >= 11 is 0. The first kappa shape index (κ1) is 62.9. The number of aliphatic hydroxyl groups excluding tert-OH is 2. The Hall–Kier alpha value is -7.17. The van der Waals surface area contributed by atoms with Crippen LogP contribution in [0.1, 0.15) is 91.0 Å². The molecule has 1 aliphatic rings. The number of carboxylic acid groups (broad SMARTS) is 1. The molecule has 0 bridgehead atoms. The van der Waals surface area contributed by atoms with Gasteiger partial charge in [-0.05, 0) is 89.0 Å². The van der Waals surface area contributed by atoms with Crippen LogP contribution in [-0.2, 0) is 54.4 Å². The molecule has 1 heterocycles. The fourth-order valence-corrected chi connectivity index (χ4v) is 7.69. The largest absolute Gasteiger partial charge is 0.508 e. The molecular weight excluding hydrogens is 973 g/mol. The van der Waals surface area contributed by atoms with Gasteiger partial charge in [-0.2, -0.15) is 0 Å². The molecule has 0 aliphatic carbocycles. The standard InChI is InChI=1S/C46H76N14O14/c1-5-23(2)35(42(70)54-29(10-6-7-17-47)39(67)55-30(45(73)74)11-8-18-52-46(50)51)58-43(71)36(25(4)62)59-41(69)33-12-9-19-60(33)44(72)31(20-26-13-15-27(63)16-14-26)56-37(65)24(3)53-40(68)32(22-61)57-38(66)28(48)21-34(49)64/h13-16,23-25,28-33,35-36,61-63H,5-12,17-22,47-48H2,1-4H3,(H2,49,64)(H,53,68)(H,54,70)(H,55,67)(H,56,65)(H,57,66)(H,58,71)(H,59,69)(H,73,74)(H4,50,51,52)/t23-,24-,25+,28-,29-,30-,31-,32-,33-,35-,36-/m0/s1. The normalized spacial score (nSPS) is 17.2. The molecule has 414 valence electrons. The monoisotopic (exact) mass is 1050 g/mol. The topological polar surface area (TPSA) is 482 Å². The quantitative estimate of drug-likeness (QED) is 0.0182. The molecule has 74 heavy (non-hydrogen) atoms. The minimum absolute atomic E-state index is 0.00786. The molecule has 11 atom stereocenters. The van der Waals surface area contributed by atoms with Crippen LogP contribution in [0.25, 0.3) is 0 Å². The Kier molecular flexibility index (Phi) is 26.7. The van der Waals surface area contributed by atoms with Crippen molar-refractivity contribution in [3.8, 4) is 5.75 Å². The number of carbonyl (C=O) groups excluding carboxylic acids is 9. The van der Waals surface area contributed by atoms with E-state index in [4.69, 9.17) is 28.7 Å². The average Bonchev–Trinajstić information content (AvgIpc) is 3.84. The molecule has 28 nitrogen and oxygen atoms in total. The van der Waals surface area contributed by atoms with Crippen molar-refractivity contribution >= 4 is 65.1 Å². The Bertz CT molecular complexity index is 2130. The van der Waals surface area contributed by atoms with E-state index < -0.39 is 139 Å². The van der Waals surface area contributed by atoms with Gasteiger partial charge in [0.2, 0.25) is 53.2 Å². The van der Waals surface area contributed by atoms with E-state index in [0.29, 0.717) is 31.2 Å². The smallest absolute Gasteiger partial charge is 0.326 e. The highest BCUT2D eigenvalue weighted by Gasteiger charge is 2.41. The summed E-state index contributed by atoms with van der Waals surface area (Å²) in [6.45, 7) is 5.30. The zero-order chi connectivity index (χ0) is 55.8. The van der Waals surface area contributed by atoms with E-state index in [2.05, 4.69) is 42.2 Å². The first-order valence-corrected chi connectivity index (χ1v) is 24.4. The number of carbonyl (C=O) groups is 10. The number of likely N-dealkylation sites (tertiary alicyclic amines) is 1. The molecule has 9 amide bonds. The summed E-state index contributed by atoms with van der Waals surface area (Å²) in [5, 5.41) is 57.6. The number of primary amides is 1. The van der Waals surface area contributed by atoms with Crippen LogP contribution in [0.4, 0.5) is 0 Å². The third kappa shape index (κ3) is 20.7. The van der Waals surface area contributed by atoms with E-state index >= 15 is 0 Å². The number of aromatic hydroxyl groups is 1. The van der Waals surface area contributed by atoms with Gasteiger partial charge in [0.15, 0.2) is 5.96 Å². The zero-order valence-electron chi connectivity index (χ0n) is 42.2. The number of unbranched alkanes of at least 4 members (excludes halogenated alkanes) is 1. The highest BCUT2D eigenvalue weighted by molar-refractivity contribution is 5.98. The maximum atomic E-state index is 14.4. The van der Waals surface area contributed by atoms with Gasteiger partial charge in [0.25, 0.3) is 0 Å². The molecule has 0 saturated carbocycles. The van der Waals surface area contributed by atoms with E-state index in [1.165, 1.54) is 43.0 Å². The zero-order valence-corrected chi connectivity index (χ0v) is 42.2. The Morgan fingerprint density at radius 1 is 0.730 bits per heavy atom. The van der Waals surface area contributed by atoms with Gasteiger partial charge in [0, 0.05) is 19.5 Å². The lowest BCUT2D eigenvalue weighted by Gasteiger charge is -2.32. The molecular formula is C46H76N14O14. The lowest BCUT2D eigenvalue weighted by Crippen LogP contribution is -2.62. The fourth-order valence-electron chi connectivity index (χ4n) is 7.69. The van der Waals surface area contributed by atoms with Gasteiger partial charge in [0.05, 0.1) is 25.2 Å². The number of phenols is 1. The third-order valence-electron chi connectivity index (χ3n) is 12.2. The Morgan fingerprint density at radius 2 is 1.31 bits per heavy atom. The van der Waals surface area contributed by atoms with Gasteiger partial charge in [-0.1, -0.05) is 32.4 Å². The molecule has 1 aliphatic heterocycles. The third-order valence-corrected chi connectivity index (χ3v) is 12.2. The van der Waals surface area contributed by atoms with E-state index in [-0.39, 0.29) is 63.4 Å². The van der Waals surface area contributed by atoms with E-state index in [0.717, 1.165) is 0 Å². The predicted molar refractivity (Wildman–Crippen MR) is 266 cm³/mol. The second-order valence-electron chi connectivity index (χ2n) is 18.2. The molecule has 1 saturated heterocycles. The van der Waals surface area contributed by atoms with Crippen LogP contribution in [0.5, 0.6) is 5.75 Å². The molecule has 0 spiro atoms. The van der Waals surface area contributed by atoms with E-state index in [1.807, 2.05) is 0 Å². The first-order chi connectivity index (χ1) is 34.8. The SMILES string of the molecule is CC[C@H](C)[C@H](NC(=O)[C@@H](NC(=O)[C@@H]1CCCN1C(=O)[C@H](Cc1ccc(O)cc1)NC(=O)[C@H](C)NC(=O)[C@H](CO)NC(=O)[C@@H](N)CC(N)=O)[C@@H](C)O)C(=O)N[C@@H](CCCCN)C(=O)N[C@@H](CCCN=C(N)N)C(=O)O.